The number of nitrogens with zero attached hydrogens (tertiary/aromatic N) is 2. The average molecular weight is 334 g/mol. The van der Waals surface area contributed by atoms with E-state index in [9.17, 15) is 0 Å². The van der Waals surface area contributed by atoms with Gasteiger partial charge in [-0.2, -0.15) is 5.10 Å². The Morgan fingerprint density at radius 1 is 1.32 bits per heavy atom. The van der Waals surface area contributed by atoms with Crippen molar-refractivity contribution in [3.63, 3.8) is 0 Å². The molecule has 0 aliphatic rings. The molecule has 1 heterocycles. The smallest absolute Gasteiger partial charge is 0.172 e. The van der Waals surface area contributed by atoms with E-state index in [4.69, 9.17) is 9.47 Å². The summed E-state index contributed by atoms with van der Waals surface area (Å²) >= 11 is 3.66. The van der Waals surface area contributed by atoms with Crippen LogP contribution < -0.4 is 5.32 Å². The number of ether oxygens (including phenoxy) is 2. The molecule has 1 atom stereocenters. The number of methoxy groups -OCH3 is 2. The van der Waals surface area contributed by atoms with Crippen LogP contribution in [0.5, 0.6) is 0 Å². The van der Waals surface area contributed by atoms with Crippen molar-refractivity contribution >= 4 is 15.9 Å². The number of likely N-dealkylation sites (N-methyl/N-ethyl adjacent to an activating group) is 1. The van der Waals surface area contributed by atoms with E-state index < -0.39 is 0 Å². The topological polar surface area (TPSA) is 48.3 Å². The molecule has 0 aliphatic heterocycles. The first kappa shape index (κ1) is 16.6. The minimum Gasteiger partial charge on any atom is -0.354 e. The number of nitrogens with one attached hydrogen (secondary N) is 1. The van der Waals surface area contributed by atoms with Gasteiger partial charge in [0.15, 0.2) is 6.29 Å². The first-order valence-electron chi connectivity index (χ1n) is 6.59. The van der Waals surface area contributed by atoms with Gasteiger partial charge in [0.2, 0.25) is 0 Å². The lowest BCUT2D eigenvalue weighted by atomic mass is 10.1. The Bertz CT molecular complexity index is 391. The van der Waals surface area contributed by atoms with Crippen molar-refractivity contribution in [3.05, 3.63) is 15.9 Å². The third kappa shape index (κ3) is 3.78. The average Bonchev–Trinajstić information content (AvgIpc) is 2.74. The van der Waals surface area contributed by atoms with Gasteiger partial charge in [0, 0.05) is 27.2 Å². The summed E-state index contributed by atoms with van der Waals surface area (Å²) in [5.74, 6) is 0. The zero-order chi connectivity index (χ0) is 14.4. The minimum atomic E-state index is -0.276. The summed E-state index contributed by atoms with van der Waals surface area (Å²) in [5, 5.41) is 7.85. The van der Waals surface area contributed by atoms with Gasteiger partial charge in [0.1, 0.15) is 0 Å². The van der Waals surface area contributed by atoms with Crippen molar-refractivity contribution in [1.82, 2.24) is 15.1 Å². The van der Waals surface area contributed by atoms with Gasteiger partial charge in [-0.25, -0.2) is 0 Å². The molecule has 1 aromatic rings. The molecule has 0 saturated heterocycles. The van der Waals surface area contributed by atoms with Crippen LogP contribution in [0.4, 0.5) is 0 Å². The Hall–Kier alpha value is -0.430. The number of hydrogen-bond donors (Lipinski definition) is 1. The fourth-order valence-corrected chi connectivity index (χ4v) is 2.91. The molecule has 0 aliphatic carbocycles. The van der Waals surface area contributed by atoms with E-state index in [1.54, 1.807) is 14.2 Å². The first-order valence-corrected chi connectivity index (χ1v) is 7.38. The van der Waals surface area contributed by atoms with Gasteiger partial charge in [-0.05, 0) is 36.3 Å². The van der Waals surface area contributed by atoms with E-state index in [1.807, 2.05) is 11.7 Å². The zero-order valence-corrected chi connectivity index (χ0v) is 14.0. The Balaban J connectivity index is 2.98. The Kier molecular flexibility index (Phi) is 6.99. The predicted octanol–water partition coefficient (Wildman–Crippen LogP) is 1.98. The van der Waals surface area contributed by atoms with E-state index in [0.29, 0.717) is 0 Å². The summed E-state index contributed by atoms with van der Waals surface area (Å²) in [7, 11) is 5.22. The minimum absolute atomic E-state index is 0.0815. The lowest BCUT2D eigenvalue weighted by Crippen LogP contribution is -2.42. The molecule has 5 nitrogen and oxygen atoms in total. The monoisotopic (exact) mass is 333 g/mol. The second-order valence-corrected chi connectivity index (χ2v) is 5.11. The van der Waals surface area contributed by atoms with Crippen molar-refractivity contribution < 1.29 is 9.47 Å². The van der Waals surface area contributed by atoms with Gasteiger partial charge in [0.25, 0.3) is 0 Å². The Morgan fingerprint density at radius 3 is 2.37 bits per heavy atom. The fraction of sp³-hybridized carbons (Fsp3) is 0.769. The second kappa shape index (κ2) is 7.99. The molecular weight excluding hydrogens is 310 g/mol. The maximum atomic E-state index is 5.34. The highest BCUT2D eigenvalue weighted by Crippen LogP contribution is 2.24. The standard InChI is InChI=1S/C13H24BrN3O2/c1-6-9-12(14)11(17(7-2)16-9)8-10(15-3)13(18-4)19-5/h10,13,15H,6-8H2,1-5H3. The first-order chi connectivity index (χ1) is 9.12. The molecule has 0 saturated carbocycles. The third-order valence-electron chi connectivity index (χ3n) is 3.27. The molecule has 1 unspecified atom stereocenters. The highest BCUT2D eigenvalue weighted by Gasteiger charge is 2.24. The van der Waals surface area contributed by atoms with Crippen LogP contribution in [0.2, 0.25) is 0 Å². The van der Waals surface area contributed by atoms with E-state index in [1.165, 1.54) is 5.69 Å². The summed E-state index contributed by atoms with van der Waals surface area (Å²) in [6.45, 7) is 5.06. The van der Waals surface area contributed by atoms with Crippen LogP contribution in [0, 0.1) is 0 Å². The summed E-state index contributed by atoms with van der Waals surface area (Å²) in [4.78, 5) is 0. The lowest BCUT2D eigenvalue weighted by molar-refractivity contribution is -0.121. The van der Waals surface area contributed by atoms with Crippen molar-refractivity contribution in [3.8, 4) is 0 Å². The zero-order valence-electron chi connectivity index (χ0n) is 12.4. The maximum Gasteiger partial charge on any atom is 0.172 e. The highest BCUT2D eigenvalue weighted by atomic mass is 79.9. The van der Waals surface area contributed by atoms with E-state index in [-0.39, 0.29) is 12.3 Å². The van der Waals surface area contributed by atoms with E-state index in [2.05, 4.69) is 40.2 Å². The van der Waals surface area contributed by atoms with Gasteiger partial charge in [-0.15, -0.1) is 0 Å². The molecule has 1 N–H and O–H groups in total. The fourth-order valence-electron chi connectivity index (χ4n) is 2.18. The van der Waals surface area contributed by atoms with Crippen LogP contribution >= 0.6 is 15.9 Å². The largest absolute Gasteiger partial charge is 0.354 e. The molecule has 0 fully saturated rings. The van der Waals surface area contributed by atoms with Crippen molar-refractivity contribution in [2.75, 3.05) is 21.3 Å². The van der Waals surface area contributed by atoms with Crippen LogP contribution in [0.15, 0.2) is 4.47 Å². The quantitative estimate of drug-likeness (QED) is 0.739. The lowest BCUT2D eigenvalue weighted by Gasteiger charge is -2.24. The summed E-state index contributed by atoms with van der Waals surface area (Å²) in [6, 6.07) is 0.0815. The summed E-state index contributed by atoms with van der Waals surface area (Å²) < 4.78 is 13.8. The molecule has 0 amide bonds. The molecule has 0 radical (unpaired) electrons. The second-order valence-electron chi connectivity index (χ2n) is 4.32. The molecule has 6 heteroatoms. The molecule has 110 valence electrons. The van der Waals surface area contributed by atoms with Crippen molar-refractivity contribution in [1.29, 1.82) is 0 Å². The SMILES string of the molecule is CCc1nn(CC)c(CC(NC)C(OC)OC)c1Br. The number of aryl methyl sites for hydroxylation is 2. The van der Waals surface area contributed by atoms with E-state index in [0.717, 1.165) is 29.6 Å². The molecule has 0 spiro atoms. The summed E-state index contributed by atoms with van der Waals surface area (Å²) in [5.41, 5.74) is 2.27. The van der Waals surface area contributed by atoms with Gasteiger partial charge in [0.05, 0.1) is 21.9 Å². The number of rotatable bonds is 8. The van der Waals surface area contributed by atoms with Crippen LogP contribution in [0.3, 0.4) is 0 Å². The molecule has 0 aromatic carbocycles. The van der Waals surface area contributed by atoms with Gasteiger partial charge in [-0.1, -0.05) is 6.92 Å². The van der Waals surface area contributed by atoms with Crippen LogP contribution in [0.1, 0.15) is 25.2 Å². The molecule has 19 heavy (non-hydrogen) atoms. The molecule has 1 aromatic heterocycles. The van der Waals surface area contributed by atoms with Crippen LogP contribution in [-0.4, -0.2) is 43.4 Å². The number of halogens is 1. The van der Waals surface area contributed by atoms with Gasteiger partial charge >= 0.3 is 0 Å². The molecule has 1 rings (SSSR count). The number of aromatic nitrogens is 2. The van der Waals surface area contributed by atoms with Gasteiger partial charge in [-0.3, -0.25) is 4.68 Å². The normalized spacial score (nSPS) is 13.2. The summed E-state index contributed by atoms with van der Waals surface area (Å²) in [6.07, 6.45) is 1.44. The van der Waals surface area contributed by atoms with Crippen LogP contribution in [-0.2, 0) is 28.9 Å². The Morgan fingerprint density at radius 2 is 1.95 bits per heavy atom. The maximum absolute atomic E-state index is 5.34. The van der Waals surface area contributed by atoms with E-state index >= 15 is 0 Å². The number of hydrogen-bond acceptors (Lipinski definition) is 4. The molecule has 0 bridgehead atoms. The predicted molar refractivity (Wildman–Crippen MR) is 79.3 cm³/mol. The highest BCUT2D eigenvalue weighted by molar-refractivity contribution is 9.10. The molecular formula is C13H24BrN3O2. The van der Waals surface area contributed by atoms with Crippen LogP contribution in [0.25, 0.3) is 0 Å². The Labute approximate surface area is 123 Å². The van der Waals surface area contributed by atoms with Crippen molar-refractivity contribution in [2.45, 2.75) is 45.6 Å². The third-order valence-corrected chi connectivity index (χ3v) is 4.19. The van der Waals surface area contributed by atoms with Crippen molar-refractivity contribution in [2.24, 2.45) is 0 Å². The van der Waals surface area contributed by atoms with Gasteiger partial charge < -0.3 is 14.8 Å².